The minimum Gasteiger partial charge on any atom is -0.256 e. The summed E-state index contributed by atoms with van der Waals surface area (Å²) < 4.78 is 0. The van der Waals surface area contributed by atoms with Crippen molar-refractivity contribution in [2.75, 3.05) is 0 Å². The van der Waals surface area contributed by atoms with Crippen LogP contribution >= 0.6 is 25.3 Å². The van der Waals surface area contributed by atoms with Crippen molar-refractivity contribution in [2.24, 2.45) is 9.98 Å². The fraction of sp³-hybridized carbons (Fsp3) is 0. The summed E-state index contributed by atoms with van der Waals surface area (Å²) in [5.41, 5.74) is 3.86. The van der Waals surface area contributed by atoms with Gasteiger partial charge in [0.2, 0.25) is 0 Å². The largest absolute Gasteiger partial charge is 0.256 e. The fourth-order valence-corrected chi connectivity index (χ4v) is 2.39. The predicted molar refractivity (Wildman–Crippen MR) is 108 cm³/mol. The van der Waals surface area contributed by atoms with Crippen molar-refractivity contribution < 1.29 is 0 Å². The van der Waals surface area contributed by atoms with Gasteiger partial charge < -0.3 is 0 Å². The highest BCUT2D eigenvalue weighted by molar-refractivity contribution is 7.80. The molecule has 118 valence electrons. The van der Waals surface area contributed by atoms with Crippen molar-refractivity contribution in [1.82, 2.24) is 0 Å². The van der Waals surface area contributed by atoms with E-state index in [-0.39, 0.29) is 0 Å². The normalized spacial score (nSPS) is 11.4. The molecule has 0 fully saturated rings. The molecule has 3 aromatic rings. The Balaban J connectivity index is 1.74. The fourth-order valence-electron chi connectivity index (χ4n) is 2.10. The van der Waals surface area contributed by atoms with Crippen molar-refractivity contribution in [2.45, 2.75) is 9.79 Å². The Kier molecular flexibility index (Phi) is 5.51. The van der Waals surface area contributed by atoms with Crippen molar-refractivity contribution >= 4 is 49.1 Å². The molecule has 0 saturated heterocycles. The van der Waals surface area contributed by atoms with Gasteiger partial charge in [-0.15, -0.1) is 25.3 Å². The van der Waals surface area contributed by atoms with E-state index in [9.17, 15) is 0 Å². The highest BCUT2D eigenvalue weighted by Crippen LogP contribution is 2.16. The number of hydrogen-bond acceptors (Lipinski definition) is 4. The van der Waals surface area contributed by atoms with Crippen LogP contribution in [-0.2, 0) is 0 Å². The van der Waals surface area contributed by atoms with E-state index in [1.165, 1.54) is 0 Å². The van der Waals surface area contributed by atoms with Crippen LogP contribution in [0.4, 0.5) is 11.4 Å². The van der Waals surface area contributed by atoms with Gasteiger partial charge >= 0.3 is 0 Å². The van der Waals surface area contributed by atoms with Crippen LogP contribution in [0.1, 0.15) is 11.1 Å². The maximum absolute atomic E-state index is 4.47. The summed E-state index contributed by atoms with van der Waals surface area (Å²) in [7, 11) is 0. The Morgan fingerprint density at radius 2 is 1.00 bits per heavy atom. The highest BCUT2D eigenvalue weighted by Gasteiger charge is 1.93. The Hall–Kier alpha value is -2.30. The van der Waals surface area contributed by atoms with Crippen LogP contribution in [0.15, 0.2) is 92.6 Å². The van der Waals surface area contributed by atoms with Gasteiger partial charge in [0.1, 0.15) is 0 Å². The van der Waals surface area contributed by atoms with Gasteiger partial charge in [-0.3, -0.25) is 9.98 Å². The average Bonchev–Trinajstić information content (AvgIpc) is 2.61. The van der Waals surface area contributed by atoms with E-state index in [0.29, 0.717) is 0 Å². The zero-order valence-corrected chi connectivity index (χ0v) is 14.7. The van der Waals surface area contributed by atoms with Gasteiger partial charge in [0.15, 0.2) is 0 Å². The summed E-state index contributed by atoms with van der Waals surface area (Å²) in [4.78, 5) is 10.8. The Bertz CT molecular complexity index is 796. The Morgan fingerprint density at radius 1 is 0.583 bits per heavy atom. The summed E-state index contributed by atoms with van der Waals surface area (Å²) in [6, 6.07) is 23.5. The molecule has 0 radical (unpaired) electrons. The van der Waals surface area contributed by atoms with Gasteiger partial charge in [-0.1, -0.05) is 18.2 Å². The van der Waals surface area contributed by atoms with Crippen molar-refractivity contribution in [1.29, 1.82) is 0 Å². The molecule has 0 unspecified atom stereocenters. The van der Waals surface area contributed by atoms with Crippen molar-refractivity contribution in [3.8, 4) is 0 Å². The van der Waals surface area contributed by atoms with Crippen LogP contribution in [0.25, 0.3) is 0 Å². The Morgan fingerprint density at radius 3 is 1.42 bits per heavy atom. The molecule has 4 heteroatoms. The molecule has 0 aliphatic rings. The highest BCUT2D eigenvalue weighted by atomic mass is 32.1. The molecule has 0 aliphatic carbocycles. The molecule has 0 heterocycles. The summed E-state index contributed by atoms with van der Waals surface area (Å²) in [6.07, 6.45) is 3.70. The molecule has 0 bridgehead atoms. The van der Waals surface area contributed by atoms with Crippen LogP contribution in [-0.4, -0.2) is 12.4 Å². The van der Waals surface area contributed by atoms with Crippen molar-refractivity contribution in [3.63, 3.8) is 0 Å². The molecule has 3 aromatic carbocycles. The standard InChI is InChI=1S/C20H16N2S2/c23-19-8-4-17(5-9-19)21-13-15-2-1-3-16(12-15)14-22-18-6-10-20(24)11-7-18/h1-14,23-24H. The Labute approximate surface area is 152 Å². The van der Waals surface area contributed by atoms with E-state index >= 15 is 0 Å². The van der Waals surface area contributed by atoms with Crippen molar-refractivity contribution in [3.05, 3.63) is 83.9 Å². The predicted octanol–water partition coefficient (Wildman–Crippen LogP) is 5.77. The molecule has 0 N–H and O–H groups in total. The molecule has 0 aliphatic heterocycles. The van der Waals surface area contributed by atoms with Gasteiger partial charge in [0.05, 0.1) is 11.4 Å². The van der Waals surface area contributed by atoms with E-state index in [0.717, 1.165) is 32.3 Å². The molecular formula is C20H16N2S2. The minimum atomic E-state index is 0.902. The number of benzene rings is 3. The maximum atomic E-state index is 4.47. The summed E-state index contributed by atoms with van der Waals surface area (Å²) >= 11 is 8.54. The van der Waals surface area contributed by atoms with Gasteiger partial charge in [-0.25, -0.2) is 0 Å². The second-order valence-corrected chi connectivity index (χ2v) is 6.25. The molecule has 0 saturated carbocycles. The van der Waals surface area contributed by atoms with Crippen LogP contribution in [0.5, 0.6) is 0 Å². The number of aliphatic imine (C=N–C) groups is 2. The minimum absolute atomic E-state index is 0.902. The van der Waals surface area contributed by atoms with E-state index in [4.69, 9.17) is 0 Å². The summed E-state index contributed by atoms with van der Waals surface area (Å²) in [6.45, 7) is 0. The molecule has 0 atom stereocenters. The van der Waals surface area contributed by atoms with Crippen LogP contribution in [0, 0.1) is 0 Å². The van der Waals surface area contributed by atoms with E-state index in [1.807, 2.05) is 85.2 Å². The van der Waals surface area contributed by atoms with E-state index in [1.54, 1.807) is 0 Å². The lowest BCUT2D eigenvalue weighted by Gasteiger charge is -1.98. The monoisotopic (exact) mass is 348 g/mol. The van der Waals surface area contributed by atoms with Gasteiger partial charge in [-0.05, 0) is 65.7 Å². The first-order chi connectivity index (χ1) is 11.7. The topological polar surface area (TPSA) is 24.7 Å². The quantitative estimate of drug-likeness (QED) is 0.442. The van der Waals surface area contributed by atoms with Gasteiger partial charge in [0.25, 0.3) is 0 Å². The second kappa shape index (κ2) is 7.99. The number of nitrogens with zero attached hydrogens (tertiary/aromatic N) is 2. The molecule has 0 spiro atoms. The lowest BCUT2D eigenvalue weighted by molar-refractivity contribution is 1.43. The molecule has 0 aromatic heterocycles. The third kappa shape index (κ3) is 4.85. The molecule has 24 heavy (non-hydrogen) atoms. The van der Waals surface area contributed by atoms with Gasteiger partial charge in [-0.2, -0.15) is 0 Å². The van der Waals surface area contributed by atoms with E-state index in [2.05, 4.69) is 35.2 Å². The third-order valence-corrected chi connectivity index (χ3v) is 3.93. The maximum Gasteiger partial charge on any atom is 0.0630 e. The molecule has 3 rings (SSSR count). The van der Waals surface area contributed by atoms with Crippen LogP contribution < -0.4 is 0 Å². The summed E-state index contributed by atoms with van der Waals surface area (Å²) in [5.74, 6) is 0. The molecule has 2 nitrogen and oxygen atoms in total. The second-order valence-electron chi connectivity index (χ2n) is 5.22. The number of rotatable bonds is 4. The van der Waals surface area contributed by atoms with Gasteiger partial charge in [0, 0.05) is 22.2 Å². The first-order valence-corrected chi connectivity index (χ1v) is 8.35. The average molecular weight is 348 g/mol. The van der Waals surface area contributed by atoms with Crippen LogP contribution in [0.2, 0.25) is 0 Å². The molecular weight excluding hydrogens is 332 g/mol. The number of hydrogen-bond donors (Lipinski definition) is 2. The lowest BCUT2D eigenvalue weighted by atomic mass is 10.1. The van der Waals surface area contributed by atoms with E-state index < -0.39 is 0 Å². The molecule has 0 amide bonds. The first kappa shape index (κ1) is 16.6. The zero-order valence-electron chi connectivity index (χ0n) is 12.9. The third-order valence-electron chi connectivity index (χ3n) is 3.34. The number of thiol groups is 2. The van der Waals surface area contributed by atoms with Crippen LogP contribution in [0.3, 0.4) is 0 Å². The lowest BCUT2D eigenvalue weighted by Crippen LogP contribution is -1.85. The SMILES string of the molecule is Sc1ccc(N=Cc2cccc(C=Nc3ccc(S)cc3)c2)cc1. The zero-order chi connectivity index (χ0) is 16.8. The first-order valence-electron chi connectivity index (χ1n) is 7.45. The smallest absolute Gasteiger partial charge is 0.0630 e. The summed E-state index contributed by atoms with van der Waals surface area (Å²) in [5, 5.41) is 0.